The highest BCUT2D eigenvalue weighted by molar-refractivity contribution is 9.10. The van der Waals surface area contributed by atoms with E-state index in [0.717, 1.165) is 38.9 Å². The van der Waals surface area contributed by atoms with Crippen molar-refractivity contribution in [3.63, 3.8) is 0 Å². The van der Waals surface area contributed by atoms with Crippen molar-refractivity contribution in [2.24, 2.45) is 0 Å². The van der Waals surface area contributed by atoms with E-state index in [2.05, 4.69) is 28.0 Å². The number of aryl methyl sites for hydroxylation is 1. The average Bonchev–Trinajstić information content (AvgIpc) is 3.01. The quantitative estimate of drug-likeness (QED) is 0.741. The zero-order valence-electron chi connectivity index (χ0n) is 11.3. The molecule has 0 aliphatic carbocycles. The van der Waals surface area contributed by atoms with Gasteiger partial charge in [0, 0.05) is 9.86 Å². The van der Waals surface area contributed by atoms with E-state index in [1.807, 2.05) is 28.9 Å². The predicted octanol–water partition coefficient (Wildman–Crippen LogP) is 4.50. The zero-order chi connectivity index (χ0) is 15.0. The van der Waals surface area contributed by atoms with Crippen molar-refractivity contribution >= 4 is 43.5 Å². The second-order valence-electron chi connectivity index (χ2n) is 4.72. The van der Waals surface area contributed by atoms with Gasteiger partial charge in [-0.05, 0) is 36.8 Å². The van der Waals surface area contributed by atoms with Gasteiger partial charge in [0.25, 0.3) is 0 Å². The number of nitrogens with zero attached hydrogens (tertiary/aromatic N) is 2. The van der Waals surface area contributed by atoms with Gasteiger partial charge in [0.2, 0.25) is 0 Å². The molecule has 3 aromatic rings. The Bertz CT molecular complexity index is 805. The predicted molar refractivity (Wildman–Crippen MR) is 87.6 cm³/mol. The van der Waals surface area contributed by atoms with Crippen LogP contribution in [0.3, 0.4) is 0 Å². The van der Waals surface area contributed by atoms with Crippen LogP contribution >= 0.6 is 27.3 Å². The van der Waals surface area contributed by atoms with Crippen molar-refractivity contribution in [2.75, 3.05) is 0 Å². The van der Waals surface area contributed by atoms with Gasteiger partial charge >= 0.3 is 5.97 Å². The number of carboxylic acid groups (broad SMARTS) is 1. The lowest BCUT2D eigenvalue weighted by Crippen LogP contribution is -1.97. The molecule has 0 unspecified atom stereocenters. The molecule has 0 spiro atoms. The summed E-state index contributed by atoms with van der Waals surface area (Å²) in [5, 5.41) is 14.8. The van der Waals surface area contributed by atoms with Crippen LogP contribution < -0.4 is 0 Å². The van der Waals surface area contributed by atoms with E-state index in [1.54, 1.807) is 6.07 Å². The molecule has 0 atom stereocenters. The Morgan fingerprint density at radius 3 is 2.71 bits per heavy atom. The zero-order valence-corrected chi connectivity index (χ0v) is 13.7. The Hall–Kier alpha value is -1.66. The Labute approximate surface area is 134 Å². The third kappa shape index (κ3) is 2.61. The summed E-state index contributed by atoms with van der Waals surface area (Å²) in [5.41, 5.74) is 1.89. The minimum absolute atomic E-state index is 0.352. The normalized spacial score (nSPS) is 11.1. The van der Waals surface area contributed by atoms with Gasteiger partial charge in [-0.2, -0.15) is 5.10 Å². The second kappa shape index (κ2) is 5.61. The highest BCUT2D eigenvalue weighted by Gasteiger charge is 2.17. The summed E-state index contributed by atoms with van der Waals surface area (Å²) in [6.45, 7) is 2.09. The smallest absolute Gasteiger partial charge is 0.345 e. The highest BCUT2D eigenvalue weighted by Crippen LogP contribution is 2.31. The van der Waals surface area contributed by atoms with Crippen LogP contribution in [0, 0.1) is 0 Å². The largest absolute Gasteiger partial charge is 0.477 e. The molecule has 108 valence electrons. The maximum atomic E-state index is 11.2. The number of hydrogen-bond donors (Lipinski definition) is 1. The monoisotopic (exact) mass is 364 g/mol. The van der Waals surface area contributed by atoms with Crippen LogP contribution in [0.15, 0.2) is 34.8 Å². The Balaban J connectivity index is 2.21. The fourth-order valence-electron chi connectivity index (χ4n) is 2.25. The first-order chi connectivity index (χ1) is 10.1. The number of hydrogen-bond acceptors (Lipinski definition) is 3. The Morgan fingerprint density at radius 1 is 1.38 bits per heavy atom. The lowest BCUT2D eigenvalue weighted by atomic mass is 10.2. The fraction of sp³-hybridized carbons (Fsp3) is 0.200. The van der Waals surface area contributed by atoms with E-state index in [-0.39, 0.29) is 0 Å². The van der Waals surface area contributed by atoms with Crippen molar-refractivity contribution < 1.29 is 9.90 Å². The standard InChI is InChI=1S/C15H13BrN2O2S/c1-2-3-12-11-8-13(15(19)20)21-14(11)18(17-12)10-6-4-9(16)5-7-10/h4-8H,2-3H2,1H3,(H,19,20). The van der Waals surface area contributed by atoms with Crippen LogP contribution in [0.4, 0.5) is 0 Å². The Morgan fingerprint density at radius 2 is 2.10 bits per heavy atom. The summed E-state index contributed by atoms with van der Waals surface area (Å²) in [5.74, 6) is -0.888. The maximum Gasteiger partial charge on any atom is 0.345 e. The van der Waals surface area contributed by atoms with Crippen LogP contribution in [-0.4, -0.2) is 20.9 Å². The van der Waals surface area contributed by atoms with Crippen LogP contribution in [0.2, 0.25) is 0 Å². The van der Waals surface area contributed by atoms with Gasteiger partial charge in [-0.3, -0.25) is 0 Å². The molecule has 0 saturated carbocycles. The summed E-state index contributed by atoms with van der Waals surface area (Å²) < 4.78 is 2.84. The molecule has 1 N–H and O–H groups in total. The molecule has 0 fully saturated rings. The number of carboxylic acids is 1. The van der Waals surface area contributed by atoms with Gasteiger partial charge in [-0.15, -0.1) is 11.3 Å². The van der Waals surface area contributed by atoms with Crippen LogP contribution in [0.5, 0.6) is 0 Å². The first kappa shape index (κ1) is 14.3. The number of benzene rings is 1. The lowest BCUT2D eigenvalue weighted by molar-refractivity contribution is 0.0702. The summed E-state index contributed by atoms with van der Waals surface area (Å²) in [4.78, 5) is 12.4. The first-order valence-electron chi connectivity index (χ1n) is 6.61. The van der Waals surface area contributed by atoms with Crippen molar-refractivity contribution in [2.45, 2.75) is 19.8 Å². The van der Waals surface area contributed by atoms with Gasteiger partial charge in [0.15, 0.2) is 0 Å². The average molecular weight is 365 g/mol. The number of fused-ring (bicyclic) bond motifs is 1. The summed E-state index contributed by atoms with van der Waals surface area (Å²) in [7, 11) is 0. The SMILES string of the molecule is CCCc1nn(-c2ccc(Br)cc2)c2sc(C(=O)O)cc12. The lowest BCUT2D eigenvalue weighted by Gasteiger charge is -2.02. The molecular formula is C15H13BrN2O2S. The van der Waals surface area contributed by atoms with Gasteiger partial charge in [0.1, 0.15) is 9.71 Å². The molecule has 2 heterocycles. The minimum Gasteiger partial charge on any atom is -0.477 e. The minimum atomic E-state index is -0.888. The van der Waals surface area contributed by atoms with Gasteiger partial charge in [-0.25, -0.2) is 9.48 Å². The molecule has 1 aromatic carbocycles. The molecule has 0 radical (unpaired) electrons. The third-order valence-electron chi connectivity index (χ3n) is 3.21. The summed E-state index contributed by atoms with van der Waals surface area (Å²) in [6.07, 6.45) is 1.82. The highest BCUT2D eigenvalue weighted by atomic mass is 79.9. The van der Waals surface area contributed by atoms with E-state index in [4.69, 9.17) is 0 Å². The van der Waals surface area contributed by atoms with Crippen molar-refractivity contribution in [3.8, 4) is 5.69 Å². The van der Waals surface area contributed by atoms with Crippen molar-refractivity contribution in [1.29, 1.82) is 0 Å². The van der Waals surface area contributed by atoms with E-state index in [0.29, 0.717) is 4.88 Å². The molecule has 0 bridgehead atoms. The molecule has 2 aromatic heterocycles. The summed E-state index contributed by atoms with van der Waals surface area (Å²) >= 11 is 4.68. The van der Waals surface area contributed by atoms with Gasteiger partial charge < -0.3 is 5.11 Å². The third-order valence-corrected chi connectivity index (χ3v) is 4.83. The molecule has 0 aliphatic heterocycles. The van der Waals surface area contributed by atoms with Gasteiger partial charge in [0.05, 0.1) is 11.4 Å². The van der Waals surface area contributed by atoms with Crippen molar-refractivity contribution in [3.05, 3.63) is 45.4 Å². The number of carbonyl (C=O) groups is 1. The van der Waals surface area contributed by atoms with Crippen molar-refractivity contribution in [1.82, 2.24) is 9.78 Å². The number of aromatic nitrogens is 2. The number of aromatic carboxylic acids is 1. The molecule has 3 rings (SSSR count). The first-order valence-corrected chi connectivity index (χ1v) is 8.21. The van der Waals surface area contributed by atoms with Crippen LogP contribution in [0.1, 0.15) is 28.7 Å². The Kier molecular flexibility index (Phi) is 3.82. The molecule has 4 nitrogen and oxygen atoms in total. The van der Waals surface area contributed by atoms with E-state index >= 15 is 0 Å². The fourth-order valence-corrected chi connectivity index (χ4v) is 3.51. The molecule has 21 heavy (non-hydrogen) atoms. The van der Waals surface area contributed by atoms with Gasteiger partial charge in [-0.1, -0.05) is 29.3 Å². The number of thiophene rings is 1. The molecule has 0 aliphatic rings. The molecule has 0 amide bonds. The maximum absolute atomic E-state index is 11.2. The van der Waals surface area contributed by atoms with Crippen LogP contribution in [0.25, 0.3) is 15.9 Å². The topological polar surface area (TPSA) is 55.1 Å². The van der Waals surface area contributed by atoms with Crippen LogP contribution in [-0.2, 0) is 6.42 Å². The number of rotatable bonds is 4. The number of halogens is 1. The second-order valence-corrected chi connectivity index (χ2v) is 6.67. The van der Waals surface area contributed by atoms with E-state index < -0.39 is 5.97 Å². The van der Waals surface area contributed by atoms with E-state index in [1.165, 1.54) is 11.3 Å². The summed E-state index contributed by atoms with van der Waals surface area (Å²) in [6, 6.07) is 9.57. The molecule has 0 saturated heterocycles. The molecular weight excluding hydrogens is 352 g/mol. The molecule has 6 heteroatoms. The van der Waals surface area contributed by atoms with E-state index in [9.17, 15) is 9.90 Å².